The summed E-state index contributed by atoms with van der Waals surface area (Å²) < 4.78 is 1.95. The molecule has 0 radical (unpaired) electrons. The summed E-state index contributed by atoms with van der Waals surface area (Å²) in [6.45, 7) is 4.48. The molecule has 0 unspecified atom stereocenters. The van der Waals surface area contributed by atoms with Crippen molar-refractivity contribution < 1.29 is 4.79 Å². The van der Waals surface area contributed by atoms with Crippen LogP contribution >= 0.6 is 0 Å². The van der Waals surface area contributed by atoms with E-state index >= 15 is 0 Å². The zero-order chi connectivity index (χ0) is 13.2. The van der Waals surface area contributed by atoms with Crippen molar-refractivity contribution in [2.24, 2.45) is 5.92 Å². The number of aryl methyl sites for hydroxylation is 1. The minimum absolute atomic E-state index is 0.0218. The molecule has 0 N–H and O–H groups in total. The van der Waals surface area contributed by atoms with Crippen molar-refractivity contribution in [3.63, 3.8) is 0 Å². The lowest BCUT2D eigenvalue weighted by atomic mass is 9.99. The molecule has 0 spiro atoms. The highest BCUT2D eigenvalue weighted by Crippen LogP contribution is 2.19. The van der Waals surface area contributed by atoms with Gasteiger partial charge in [-0.25, -0.2) is 0 Å². The Labute approximate surface area is 111 Å². The highest BCUT2D eigenvalue weighted by atomic mass is 16.2. The lowest BCUT2D eigenvalue weighted by Crippen LogP contribution is -2.51. The molecule has 0 aliphatic carbocycles. The summed E-state index contributed by atoms with van der Waals surface area (Å²) in [6, 6.07) is 5.41. The fraction of sp³-hybridized carbons (Fsp3) is 0.357. The SMILES string of the molecule is Cc1cnn(CC2CN(C(=O)c3ccccn3)C2)c1. The second-order valence-corrected chi connectivity index (χ2v) is 5.03. The predicted molar refractivity (Wildman–Crippen MR) is 70.6 cm³/mol. The average Bonchev–Trinajstić information content (AvgIpc) is 2.79. The monoisotopic (exact) mass is 256 g/mol. The smallest absolute Gasteiger partial charge is 0.272 e. The summed E-state index contributed by atoms with van der Waals surface area (Å²) in [5.74, 6) is 0.514. The molecule has 3 rings (SSSR count). The number of aromatic nitrogens is 3. The van der Waals surface area contributed by atoms with E-state index in [9.17, 15) is 4.79 Å². The summed E-state index contributed by atoms with van der Waals surface area (Å²) in [4.78, 5) is 18.0. The molecule has 2 aromatic heterocycles. The molecule has 5 nitrogen and oxygen atoms in total. The van der Waals surface area contributed by atoms with Crippen molar-refractivity contribution in [1.82, 2.24) is 19.7 Å². The summed E-state index contributed by atoms with van der Waals surface area (Å²) in [6.07, 6.45) is 5.54. The Balaban J connectivity index is 1.54. The second kappa shape index (κ2) is 4.84. The van der Waals surface area contributed by atoms with Gasteiger partial charge in [-0.3, -0.25) is 14.5 Å². The zero-order valence-corrected chi connectivity index (χ0v) is 10.9. The van der Waals surface area contributed by atoms with Crippen LogP contribution in [0.1, 0.15) is 16.1 Å². The normalized spacial score (nSPS) is 15.3. The molecular weight excluding hydrogens is 240 g/mol. The van der Waals surface area contributed by atoms with Crippen molar-refractivity contribution in [3.05, 3.63) is 48.0 Å². The van der Waals surface area contributed by atoms with Crippen molar-refractivity contribution in [1.29, 1.82) is 0 Å². The van der Waals surface area contributed by atoms with Crippen LogP contribution in [-0.4, -0.2) is 38.7 Å². The van der Waals surface area contributed by atoms with Crippen molar-refractivity contribution >= 4 is 5.91 Å². The van der Waals surface area contributed by atoms with E-state index in [1.165, 1.54) is 5.56 Å². The van der Waals surface area contributed by atoms with E-state index in [1.807, 2.05) is 41.0 Å². The third-order valence-corrected chi connectivity index (χ3v) is 3.34. The number of amides is 1. The molecule has 0 saturated carbocycles. The van der Waals surface area contributed by atoms with E-state index in [-0.39, 0.29) is 5.91 Å². The van der Waals surface area contributed by atoms with E-state index in [1.54, 1.807) is 12.3 Å². The van der Waals surface area contributed by atoms with Crippen LogP contribution < -0.4 is 0 Å². The van der Waals surface area contributed by atoms with Gasteiger partial charge in [0.2, 0.25) is 0 Å². The second-order valence-electron chi connectivity index (χ2n) is 5.03. The minimum Gasteiger partial charge on any atom is -0.336 e. The van der Waals surface area contributed by atoms with Gasteiger partial charge in [0.15, 0.2) is 0 Å². The Morgan fingerprint density at radius 3 is 2.89 bits per heavy atom. The van der Waals surface area contributed by atoms with E-state index in [0.29, 0.717) is 11.6 Å². The molecule has 1 aliphatic rings. The molecule has 5 heteroatoms. The van der Waals surface area contributed by atoms with Gasteiger partial charge >= 0.3 is 0 Å². The van der Waals surface area contributed by atoms with Gasteiger partial charge in [0, 0.05) is 37.9 Å². The van der Waals surface area contributed by atoms with Crippen LogP contribution in [-0.2, 0) is 6.54 Å². The quantitative estimate of drug-likeness (QED) is 0.833. The number of rotatable bonds is 3. The third-order valence-electron chi connectivity index (χ3n) is 3.34. The van der Waals surface area contributed by atoms with Crippen LogP contribution in [0.5, 0.6) is 0 Å². The predicted octanol–water partition coefficient (Wildman–Crippen LogP) is 1.36. The van der Waals surface area contributed by atoms with Crippen LogP contribution in [0.15, 0.2) is 36.8 Å². The molecule has 1 amide bonds. The maximum Gasteiger partial charge on any atom is 0.272 e. The molecular formula is C14H16N4O. The number of nitrogens with zero attached hydrogens (tertiary/aromatic N) is 4. The van der Waals surface area contributed by atoms with Crippen LogP contribution in [0.3, 0.4) is 0 Å². The van der Waals surface area contributed by atoms with Crippen LogP contribution in [0.25, 0.3) is 0 Å². The summed E-state index contributed by atoms with van der Waals surface area (Å²) in [5, 5.41) is 4.27. The Kier molecular flexibility index (Phi) is 3.03. The first-order valence-electron chi connectivity index (χ1n) is 6.42. The van der Waals surface area contributed by atoms with Crippen LogP contribution in [0.4, 0.5) is 0 Å². The number of carbonyl (C=O) groups excluding carboxylic acids is 1. The molecule has 3 heterocycles. The molecule has 1 fully saturated rings. The van der Waals surface area contributed by atoms with Crippen LogP contribution in [0.2, 0.25) is 0 Å². The molecule has 0 bridgehead atoms. The zero-order valence-electron chi connectivity index (χ0n) is 10.9. The summed E-state index contributed by atoms with van der Waals surface area (Å²) >= 11 is 0. The fourth-order valence-corrected chi connectivity index (χ4v) is 2.33. The first kappa shape index (κ1) is 11.9. The number of hydrogen-bond donors (Lipinski definition) is 0. The Morgan fingerprint density at radius 1 is 1.42 bits per heavy atom. The van der Waals surface area contributed by atoms with Gasteiger partial charge in [0.1, 0.15) is 5.69 Å². The van der Waals surface area contributed by atoms with Gasteiger partial charge < -0.3 is 4.90 Å². The largest absolute Gasteiger partial charge is 0.336 e. The van der Waals surface area contributed by atoms with Crippen LogP contribution in [0, 0.1) is 12.8 Å². The number of pyridine rings is 1. The van der Waals surface area contributed by atoms with Gasteiger partial charge in [0.05, 0.1) is 6.20 Å². The molecule has 2 aromatic rings. The number of hydrogen-bond acceptors (Lipinski definition) is 3. The number of carbonyl (C=O) groups is 1. The highest BCUT2D eigenvalue weighted by Gasteiger charge is 2.31. The Hall–Kier alpha value is -2.17. The summed E-state index contributed by atoms with van der Waals surface area (Å²) in [5.41, 5.74) is 1.69. The van der Waals surface area contributed by atoms with Gasteiger partial charge in [-0.15, -0.1) is 0 Å². The van der Waals surface area contributed by atoms with Crippen molar-refractivity contribution in [2.45, 2.75) is 13.5 Å². The van der Waals surface area contributed by atoms with Gasteiger partial charge in [0.25, 0.3) is 5.91 Å². The van der Waals surface area contributed by atoms with Gasteiger partial charge in [-0.05, 0) is 24.6 Å². The Bertz CT molecular complexity index is 572. The molecule has 19 heavy (non-hydrogen) atoms. The molecule has 1 saturated heterocycles. The third kappa shape index (κ3) is 2.50. The molecule has 0 atom stereocenters. The van der Waals surface area contributed by atoms with E-state index < -0.39 is 0 Å². The number of likely N-dealkylation sites (tertiary alicyclic amines) is 1. The van der Waals surface area contributed by atoms with Gasteiger partial charge in [-0.2, -0.15) is 5.10 Å². The highest BCUT2D eigenvalue weighted by molar-refractivity contribution is 5.92. The standard InChI is InChI=1S/C14H16N4O/c1-11-6-16-18(7-11)10-12-8-17(9-12)14(19)13-4-2-3-5-15-13/h2-7,12H,8-10H2,1H3. The first-order valence-corrected chi connectivity index (χ1v) is 6.42. The molecule has 98 valence electrons. The Morgan fingerprint density at radius 2 is 2.26 bits per heavy atom. The lowest BCUT2D eigenvalue weighted by molar-refractivity contribution is 0.0455. The van der Waals surface area contributed by atoms with E-state index in [0.717, 1.165) is 19.6 Å². The fourth-order valence-electron chi connectivity index (χ4n) is 2.33. The molecule has 0 aromatic carbocycles. The van der Waals surface area contributed by atoms with E-state index in [2.05, 4.69) is 10.1 Å². The first-order chi connectivity index (χ1) is 9.22. The summed E-state index contributed by atoms with van der Waals surface area (Å²) in [7, 11) is 0. The topological polar surface area (TPSA) is 51.0 Å². The molecule has 1 aliphatic heterocycles. The minimum atomic E-state index is 0.0218. The average molecular weight is 256 g/mol. The maximum absolute atomic E-state index is 12.1. The van der Waals surface area contributed by atoms with Crippen molar-refractivity contribution in [2.75, 3.05) is 13.1 Å². The van der Waals surface area contributed by atoms with E-state index in [4.69, 9.17) is 0 Å². The lowest BCUT2D eigenvalue weighted by Gasteiger charge is -2.38. The van der Waals surface area contributed by atoms with Gasteiger partial charge in [-0.1, -0.05) is 6.07 Å². The maximum atomic E-state index is 12.1. The van der Waals surface area contributed by atoms with Crippen molar-refractivity contribution in [3.8, 4) is 0 Å².